The summed E-state index contributed by atoms with van der Waals surface area (Å²) >= 11 is 0. The molecule has 1 aliphatic heterocycles. The Kier molecular flexibility index (Phi) is 2.85. The summed E-state index contributed by atoms with van der Waals surface area (Å²) in [6, 6.07) is 0. The first-order valence-corrected chi connectivity index (χ1v) is 6.05. The van der Waals surface area contributed by atoms with Gasteiger partial charge in [-0.2, -0.15) is 5.10 Å². The fourth-order valence-corrected chi connectivity index (χ4v) is 2.20. The van der Waals surface area contributed by atoms with Crippen LogP contribution in [0.5, 0.6) is 0 Å². The number of nitrogens with zero attached hydrogens (tertiary/aromatic N) is 3. The lowest BCUT2D eigenvalue weighted by Crippen LogP contribution is -2.31. The zero-order valence-corrected chi connectivity index (χ0v) is 10.7. The maximum absolute atomic E-state index is 12.3. The number of anilines is 1. The minimum Gasteiger partial charge on any atom is -0.396 e. The number of hydrogen-bond acceptors (Lipinski definition) is 3. The Balaban J connectivity index is 2.17. The highest BCUT2D eigenvalue weighted by molar-refractivity contribution is 5.97. The van der Waals surface area contributed by atoms with Crippen LogP contribution in [0.4, 0.5) is 5.69 Å². The fourth-order valence-electron chi connectivity index (χ4n) is 2.20. The molecule has 1 aliphatic rings. The number of nitrogens with two attached hydrogens (primary N) is 1. The van der Waals surface area contributed by atoms with Crippen LogP contribution < -0.4 is 5.73 Å². The van der Waals surface area contributed by atoms with Gasteiger partial charge in [-0.1, -0.05) is 13.8 Å². The first-order valence-electron chi connectivity index (χ1n) is 6.05. The third-order valence-corrected chi connectivity index (χ3v) is 3.28. The van der Waals surface area contributed by atoms with E-state index >= 15 is 0 Å². The zero-order chi connectivity index (χ0) is 12.6. The van der Waals surface area contributed by atoms with E-state index in [-0.39, 0.29) is 11.3 Å². The van der Waals surface area contributed by atoms with Crippen LogP contribution in [0.1, 0.15) is 37.7 Å². The van der Waals surface area contributed by atoms with Crippen LogP contribution in [0.25, 0.3) is 0 Å². The Morgan fingerprint density at radius 2 is 2.29 bits per heavy atom. The Hall–Kier alpha value is -1.52. The smallest absolute Gasteiger partial charge is 0.276 e. The molecule has 1 aromatic rings. The van der Waals surface area contributed by atoms with Gasteiger partial charge in [-0.3, -0.25) is 9.48 Å². The second-order valence-electron chi connectivity index (χ2n) is 5.43. The summed E-state index contributed by atoms with van der Waals surface area (Å²) in [4.78, 5) is 14.1. The SMILES string of the molecule is CCn1cc(N)c(C(=O)N2CCC(C)(C)C2)n1. The maximum Gasteiger partial charge on any atom is 0.276 e. The van der Waals surface area contributed by atoms with E-state index in [4.69, 9.17) is 5.73 Å². The van der Waals surface area contributed by atoms with Crippen molar-refractivity contribution in [1.82, 2.24) is 14.7 Å². The standard InChI is InChI=1S/C12H20N4O/c1-4-16-7-9(13)10(14-16)11(17)15-6-5-12(2,3)8-15/h7H,4-6,8,13H2,1-3H3. The molecule has 1 aromatic heterocycles. The number of amides is 1. The van der Waals surface area contributed by atoms with E-state index in [1.54, 1.807) is 10.9 Å². The number of rotatable bonds is 2. The van der Waals surface area contributed by atoms with Crippen molar-refractivity contribution >= 4 is 11.6 Å². The summed E-state index contributed by atoms with van der Waals surface area (Å²) in [5, 5.41) is 4.22. The number of nitrogen functional groups attached to an aromatic ring is 1. The van der Waals surface area contributed by atoms with E-state index in [1.165, 1.54) is 0 Å². The van der Waals surface area contributed by atoms with Crippen LogP contribution in [0.15, 0.2) is 6.20 Å². The van der Waals surface area contributed by atoms with Gasteiger partial charge < -0.3 is 10.6 Å². The van der Waals surface area contributed by atoms with E-state index in [0.29, 0.717) is 11.4 Å². The Bertz CT molecular complexity index is 436. The zero-order valence-electron chi connectivity index (χ0n) is 10.7. The molecule has 0 spiro atoms. The lowest BCUT2D eigenvalue weighted by atomic mass is 9.93. The van der Waals surface area contributed by atoms with Crippen LogP contribution in [-0.2, 0) is 6.54 Å². The molecular formula is C12H20N4O. The Labute approximate surface area is 102 Å². The summed E-state index contributed by atoms with van der Waals surface area (Å²) in [6.45, 7) is 8.62. The van der Waals surface area contributed by atoms with Crippen molar-refractivity contribution < 1.29 is 4.79 Å². The van der Waals surface area contributed by atoms with Crippen molar-refractivity contribution in [2.75, 3.05) is 18.8 Å². The monoisotopic (exact) mass is 236 g/mol. The molecule has 0 bridgehead atoms. The van der Waals surface area contributed by atoms with Gasteiger partial charge in [-0.15, -0.1) is 0 Å². The minimum atomic E-state index is -0.0414. The topological polar surface area (TPSA) is 64.2 Å². The number of aryl methyl sites for hydroxylation is 1. The number of carbonyl (C=O) groups is 1. The first kappa shape index (κ1) is 12.0. The molecule has 17 heavy (non-hydrogen) atoms. The van der Waals surface area contributed by atoms with Crippen LogP contribution in [-0.4, -0.2) is 33.7 Å². The van der Waals surface area contributed by atoms with Crippen LogP contribution in [0.3, 0.4) is 0 Å². The molecule has 1 saturated heterocycles. The number of aromatic nitrogens is 2. The highest BCUT2D eigenvalue weighted by Crippen LogP contribution is 2.30. The van der Waals surface area contributed by atoms with Crippen molar-refractivity contribution in [2.24, 2.45) is 5.41 Å². The highest BCUT2D eigenvalue weighted by Gasteiger charge is 2.33. The molecule has 1 fully saturated rings. The highest BCUT2D eigenvalue weighted by atomic mass is 16.2. The normalized spacial score (nSPS) is 18.6. The molecule has 94 valence electrons. The molecule has 0 aliphatic carbocycles. The molecule has 0 unspecified atom stereocenters. The predicted molar refractivity (Wildman–Crippen MR) is 66.6 cm³/mol. The molecule has 0 aromatic carbocycles. The summed E-state index contributed by atoms with van der Waals surface area (Å²) in [6.07, 6.45) is 2.75. The van der Waals surface area contributed by atoms with Gasteiger partial charge in [0.1, 0.15) is 0 Å². The summed E-state index contributed by atoms with van der Waals surface area (Å²) in [5.41, 5.74) is 6.90. The molecule has 2 rings (SSSR count). The molecule has 0 atom stereocenters. The minimum absolute atomic E-state index is 0.0414. The average Bonchev–Trinajstić information content (AvgIpc) is 2.80. The predicted octanol–water partition coefficient (Wildman–Crippen LogP) is 1.36. The molecule has 5 nitrogen and oxygen atoms in total. The largest absolute Gasteiger partial charge is 0.396 e. The summed E-state index contributed by atoms with van der Waals surface area (Å²) < 4.78 is 1.70. The van der Waals surface area contributed by atoms with Crippen molar-refractivity contribution in [1.29, 1.82) is 0 Å². The van der Waals surface area contributed by atoms with E-state index < -0.39 is 0 Å². The third-order valence-electron chi connectivity index (χ3n) is 3.28. The van der Waals surface area contributed by atoms with Crippen LogP contribution >= 0.6 is 0 Å². The molecular weight excluding hydrogens is 216 g/mol. The lowest BCUT2D eigenvalue weighted by Gasteiger charge is -2.19. The molecule has 2 heterocycles. The van der Waals surface area contributed by atoms with Crippen LogP contribution in [0, 0.1) is 5.41 Å². The van der Waals surface area contributed by atoms with E-state index in [0.717, 1.165) is 26.1 Å². The van der Waals surface area contributed by atoms with Gasteiger partial charge in [0.2, 0.25) is 0 Å². The number of carbonyl (C=O) groups excluding carboxylic acids is 1. The number of hydrogen-bond donors (Lipinski definition) is 1. The molecule has 0 saturated carbocycles. The summed E-state index contributed by atoms with van der Waals surface area (Å²) in [5.74, 6) is -0.0414. The Morgan fingerprint density at radius 3 is 2.76 bits per heavy atom. The van der Waals surface area contributed by atoms with Crippen molar-refractivity contribution in [3.63, 3.8) is 0 Å². The molecule has 1 amide bonds. The molecule has 2 N–H and O–H groups in total. The van der Waals surface area contributed by atoms with Crippen molar-refractivity contribution in [3.05, 3.63) is 11.9 Å². The van der Waals surface area contributed by atoms with Gasteiger partial charge >= 0.3 is 0 Å². The quantitative estimate of drug-likeness (QED) is 0.843. The van der Waals surface area contributed by atoms with E-state index in [1.807, 2.05) is 11.8 Å². The van der Waals surface area contributed by atoms with Gasteiger partial charge in [-0.25, -0.2) is 0 Å². The molecule has 0 radical (unpaired) electrons. The van der Waals surface area contributed by atoms with Crippen LogP contribution in [0.2, 0.25) is 0 Å². The van der Waals surface area contributed by atoms with Crippen molar-refractivity contribution in [2.45, 2.75) is 33.7 Å². The van der Waals surface area contributed by atoms with E-state index in [9.17, 15) is 4.79 Å². The van der Waals surface area contributed by atoms with Gasteiger partial charge in [0, 0.05) is 25.8 Å². The first-order chi connectivity index (χ1) is 7.93. The average molecular weight is 236 g/mol. The maximum atomic E-state index is 12.3. The number of likely N-dealkylation sites (tertiary alicyclic amines) is 1. The van der Waals surface area contributed by atoms with Gasteiger partial charge in [0.25, 0.3) is 5.91 Å². The van der Waals surface area contributed by atoms with Gasteiger partial charge in [-0.05, 0) is 18.8 Å². The second-order valence-corrected chi connectivity index (χ2v) is 5.43. The van der Waals surface area contributed by atoms with E-state index in [2.05, 4.69) is 18.9 Å². The van der Waals surface area contributed by atoms with Gasteiger partial charge in [0.05, 0.1) is 5.69 Å². The summed E-state index contributed by atoms with van der Waals surface area (Å²) in [7, 11) is 0. The second kappa shape index (κ2) is 4.05. The molecule has 5 heteroatoms. The fraction of sp³-hybridized carbons (Fsp3) is 0.667. The lowest BCUT2D eigenvalue weighted by molar-refractivity contribution is 0.0772. The van der Waals surface area contributed by atoms with Crippen molar-refractivity contribution in [3.8, 4) is 0 Å². The van der Waals surface area contributed by atoms with Gasteiger partial charge in [0.15, 0.2) is 5.69 Å². The Morgan fingerprint density at radius 1 is 1.59 bits per heavy atom. The third kappa shape index (κ3) is 2.28.